The van der Waals surface area contributed by atoms with Crippen molar-refractivity contribution >= 4 is 0 Å². The van der Waals surface area contributed by atoms with Crippen LogP contribution >= 0.6 is 0 Å². The Labute approximate surface area is 108 Å². The van der Waals surface area contributed by atoms with Crippen LogP contribution in [0.5, 0.6) is 5.75 Å². The van der Waals surface area contributed by atoms with E-state index >= 15 is 0 Å². The quantitative estimate of drug-likeness (QED) is 0.873. The van der Waals surface area contributed by atoms with Gasteiger partial charge in [0.25, 0.3) is 0 Å². The summed E-state index contributed by atoms with van der Waals surface area (Å²) in [6.45, 7) is 2.55. The highest BCUT2D eigenvalue weighted by Gasteiger charge is 2.23. The Morgan fingerprint density at radius 1 is 1.17 bits per heavy atom. The number of hydrogen-bond acceptors (Lipinski definition) is 3. The highest BCUT2D eigenvalue weighted by Crippen LogP contribution is 2.32. The maximum Gasteiger partial charge on any atom is 0.122 e. The van der Waals surface area contributed by atoms with E-state index in [1.54, 1.807) is 0 Å². The number of nitrogens with two attached hydrogens (primary N) is 1. The summed E-state index contributed by atoms with van der Waals surface area (Å²) < 4.78 is 11.0. The molecule has 1 atom stereocenters. The molecule has 0 amide bonds. The van der Waals surface area contributed by atoms with Crippen LogP contribution < -0.4 is 10.5 Å². The number of rotatable bonds is 2. The van der Waals surface area contributed by atoms with Gasteiger partial charge in [-0.05, 0) is 48.8 Å². The minimum Gasteiger partial charge on any atom is -0.493 e. The van der Waals surface area contributed by atoms with Gasteiger partial charge in [-0.2, -0.15) is 0 Å². The molecule has 1 aromatic carbocycles. The van der Waals surface area contributed by atoms with E-state index in [9.17, 15) is 0 Å². The molecule has 1 saturated heterocycles. The Bertz CT molecular complexity index is 413. The SMILES string of the molecule is NC(c1ccc2c(c1)CCCO2)C1CCOCC1. The van der Waals surface area contributed by atoms with E-state index in [-0.39, 0.29) is 6.04 Å². The van der Waals surface area contributed by atoms with Gasteiger partial charge in [0.1, 0.15) is 5.75 Å². The van der Waals surface area contributed by atoms with Crippen molar-refractivity contribution in [3.8, 4) is 5.75 Å². The smallest absolute Gasteiger partial charge is 0.122 e. The second kappa shape index (κ2) is 5.29. The Kier molecular flexibility index (Phi) is 3.52. The molecule has 3 nitrogen and oxygen atoms in total. The van der Waals surface area contributed by atoms with Crippen molar-refractivity contribution in [1.82, 2.24) is 0 Å². The lowest BCUT2D eigenvalue weighted by molar-refractivity contribution is 0.0583. The van der Waals surface area contributed by atoms with Crippen molar-refractivity contribution in [2.75, 3.05) is 19.8 Å². The lowest BCUT2D eigenvalue weighted by Crippen LogP contribution is -2.27. The van der Waals surface area contributed by atoms with Crippen LogP contribution in [0.2, 0.25) is 0 Å². The fraction of sp³-hybridized carbons (Fsp3) is 0.600. The van der Waals surface area contributed by atoms with Crippen molar-refractivity contribution < 1.29 is 9.47 Å². The third kappa shape index (κ3) is 2.38. The topological polar surface area (TPSA) is 44.5 Å². The van der Waals surface area contributed by atoms with E-state index in [4.69, 9.17) is 15.2 Å². The average Bonchev–Trinajstić information content (AvgIpc) is 2.47. The lowest BCUT2D eigenvalue weighted by atomic mass is 9.86. The highest BCUT2D eigenvalue weighted by atomic mass is 16.5. The van der Waals surface area contributed by atoms with Gasteiger partial charge in [0.2, 0.25) is 0 Å². The molecule has 0 saturated carbocycles. The van der Waals surface area contributed by atoms with Gasteiger partial charge in [-0.3, -0.25) is 0 Å². The molecule has 2 aliphatic rings. The molecule has 2 heterocycles. The highest BCUT2D eigenvalue weighted by molar-refractivity contribution is 5.39. The summed E-state index contributed by atoms with van der Waals surface area (Å²) in [5.74, 6) is 1.60. The zero-order valence-corrected chi connectivity index (χ0v) is 10.7. The van der Waals surface area contributed by atoms with E-state index in [1.165, 1.54) is 11.1 Å². The molecule has 18 heavy (non-hydrogen) atoms. The molecule has 2 aliphatic heterocycles. The van der Waals surface area contributed by atoms with Crippen LogP contribution in [0.15, 0.2) is 18.2 Å². The molecule has 2 N–H and O–H groups in total. The van der Waals surface area contributed by atoms with Gasteiger partial charge >= 0.3 is 0 Å². The molecule has 1 aromatic rings. The number of benzene rings is 1. The monoisotopic (exact) mass is 247 g/mol. The van der Waals surface area contributed by atoms with Gasteiger partial charge in [0.05, 0.1) is 6.61 Å². The predicted octanol–water partition coefficient (Wildman–Crippen LogP) is 2.44. The van der Waals surface area contributed by atoms with Gasteiger partial charge in [0.15, 0.2) is 0 Å². The van der Waals surface area contributed by atoms with Gasteiger partial charge in [0, 0.05) is 19.3 Å². The molecule has 1 fully saturated rings. The zero-order chi connectivity index (χ0) is 12.4. The van der Waals surface area contributed by atoms with E-state index < -0.39 is 0 Å². The fourth-order valence-electron chi connectivity index (χ4n) is 2.93. The van der Waals surface area contributed by atoms with Gasteiger partial charge < -0.3 is 15.2 Å². The van der Waals surface area contributed by atoms with Crippen molar-refractivity contribution in [3.63, 3.8) is 0 Å². The van der Waals surface area contributed by atoms with Crippen molar-refractivity contribution in [3.05, 3.63) is 29.3 Å². The average molecular weight is 247 g/mol. The van der Waals surface area contributed by atoms with Crippen LogP contribution in [-0.4, -0.2) is 19.8 Å². The molecule has 0 radical (unpaired) electrons. The fourth-order valence-corrected chi connectivity index (χ4v) is 2.93. The Balaban J connectivity index is 1.78. The number of aryl methyl sites for hydroxylation is 1. The third-order valence-electron chi connectivity index (χ3n) is 4.09. The molecule has 0 aliphatic carbocycles. The first kappa shape index (κ1) is 12.0. The van der Waals surface area contributed by atoms with Crippen LogP contribution in [0.3, 0.4) is 0 Å². The summed E-state index contributed by atoms with van der Waals surface area (Å²) in [5, 5.41) is 0. The van der Waals surface area contributed by atoms with Crippen LogP contribution in [0.25, 0.3) is 0 Å². The van der Waals surface area contributed by atoms with Crippen LogP contribution in [-0.2, 0) is 11.2 Å². The van der Waals surface area contributed by atoms with Crippen LogP contribution in [0.1, 0.15) is 36.4 Å². The Morgan fingerprint density at radius 2 is 2.00 bits per heavy atom. The van der Waals surface area contributed by atoms with Gasteiger partial charge in [-0.1, -0.05) is 12.1 Å². The van der Waals surface area contributed by atoms with E-state index in [1.807, 2.05) is 0 Å². The minimum absolute atomic E-state index is 0.140. The summed E-state index contributed by atoms with van der Waals surface area (Å²) in [7, 11) is 0. The molecule has 1 unspecified atom stereocenters. The van der Waals surface area contributed by atoms with Crippen molar-refractivity contribution in [2.45, 2.75) is 31.7 Å². The normalized spacial score (nSPS) is 22.1. The number of fused-ring (bicyclic) bond motifs is 1. The van der Waals surface area contributed by atoms with Gasteiger partial charge in [-0.15, -0.1) is 0 Å². The minimum atomic E-state index is 0.140. The summed E-state index contributed by atoms with van der Waals surface area (Å²) in [4.78, 5) is 0. The van der Waals surface area contributed by atoms with Crippen molar-refractivity contribution in [2.24, 2.45) is 11.7 Å². The lowest BCUT2D eigenvalue weighted by Gasteiger charge is -2.28. The van der Waals surface area contributed by atoms with Crippen LogP contribution in [0.4, 0.5) is 0 Å². The maximum atomic E-state index is 6.41. The Morgan fingerprint density at radius 3 is 2.83 bits per heavy atom. The third-order valence-corrected chi connectivity index (χ3v) is 4.09. The van der Waals surface area contributed by atoms with Crippen LogP contribution in [0, 0.1) is 5.92 Å². The van der Waals surface area contributed by atoms with Gasteiger partial charge in [-0.25, -0.2) is 0 Å². The number of hydrogen-bond donors (Lipinski definition) is 1. The first-order chi connectivity index (χ1) is 8.84. The molecule has 98 valence electrons. The number of ether oxygens (including phenoxy) is 2. The summed E-state index contributed by atoms with van der Waals surface area (Å²) in [6.07, 6.45) is 4.39. The zero-order valence-electron chi connectivity index (χ0n) is 10.7. The second-order valence-electron chi connectivity index (χ2n) is 5.29. The summed E-state index contributed by atoms with van der Waals surface area (Å²) in [5.41, 5.74) is 8.98. The standard InChI is InChI=1S/C15H21NO2/c16-15(11-5-8-17-9-6-11)13-3-4-14-12(10-13)2-1-7-18-14/h3-4,10-11,15H,1-2,5-9,16H2. The van der Waals surface area contributed by atoms with Crippen molar-refractivity contribution in [1.29, 1.82) is 0 Å². The van der Waals surface area contributed by atoms with E-state index in [0.29, 0.717) is 5.92 Å². The first-order valence-electron chi connectivity index (χ1n) is 6.93. The summed E-state index contributed by atoms with van der Waals surface area (Å²) >= 11 is 0. The molecular weight excluding hydrogens is 226 g/mol. The maximum absolute atomic E-state index is 6.41. The molecular formula is C15H21NO2. The second-order valence-corrected chi connectivity index (χ2v) is 5.29. The summed E-state index contributed by atoms with van der Waals surface area (Å²) in [6, 6.07) is 6.60. The predicted molar refractivity (Wildman–Crippen MR) is 70.7 cm³/mol. The largest absolute Gasteiger partial charge is 0.493 e. The van der Waals surface area contributed by atoms with E-state index in [0.717, 1.165) is 51.3 Å². The Hall–Kier alpha value is -1.06. The molecule has 3 rings (SSSR count). The molecule has 0 aromatic heterocycles. The molecule has 3 heteroatoms. The molecule has 0 spiro atoms. The molecule has 0 bridgehead atoms. The first-order valence-corrected chi connectivity index (χ1v) is 6.93. The van der Waals surface area contributed by atoms with E-state index in [2.05, 4.69) is 18.2 Å².